The average molecular weight is 444 g/mol. The Hall–Kier alpha value is -2.65. The molecule has 2 aromatic rings. The van der Waals surface area contributed by atoms with E-state index in [2.05, 4.69) is 0 Å². The summed E-state index contributed by atoms with van der Waals surface area (Å²) in [6.07, 6.45) is 4.70. The van der Waals surface area contributed by atoms with Gasteiger partial charge in [-0.2, -0.15) is 0 Å². The summed E-state index contributed by atoms with van der Waals surface area (Å²) in [5.74, 6) is 0.931. The topological polar surface area (TPSA) is 83.8 Å². The van der Waals surface area contributed by atoms with Crippen LogP contribution in [-0.4, -0.2) is 56.8 Å². The van der Waals surface area contributed by atoms with Crippen molar-refractivity contribution in [3.05, 3.63) is 68.4 Å². The van der Waals surface area contributed by atoms with Gasteiger partial charge in [0, 0.05) is 43.6 Å². The van der Waals surface area contributed by atoms with E-state index >= 15 is 0 Å². The minimum absolute atomic E-state index is 0.0236. The van der Waals surface area contributed by atoms with Crippen molar-refractivity contribution < 1.29 is 14.5 Å². The first-order chi connectivity index (χ1) is 14.5. The molecule has 9 heteroatoms. The molecule has 1 spiro atoms. The fraction of sp³-hybridized carbons (Fsp3) is 0.333. The van der Waals surface area contributed by atoms with Gasteiger partial charge in [-0.1, -0.05) is 6.07 Å². The number of carbonyl (C=O) groups excluding carboxylic acids is 2. The molecule has 1 aromatic carbocycles. The first kappa shape index (κ1) is 20.6. The smallest absolute Gasteiger partial charge is 0.269 e. The van der Waals surface area contributed by atoms with E-state index in [1.165, 1.54) is 29.5 Å². The Morgan fingerprint density at radius 1 is 1.10 bits per heavy atom. The van der Waals surface area contributed by atoms with E-state index < -0.39 is 4.92 Å². The van der Waals surface area contributed by atoms with Crippen molar-refractivity contribution in [3.8, 4) is 0 Å². The number of nitro groups is 1. The SMILES string of the molecule is O=C(/C=C/c1ccc([N+](=O)[O-])cc1)N1CCC2(CC1)SCCN2C(=O)c1cccs1. The fourth-order valence-electron chi connectivity index (χ4n) is 3.90. The number of carbonyl (C=O) groups is 2. The minimum Gasteiger partial charge on any atom is -0.339 e. The zero-order chi connectivity index (χ0) is 21.1. The highest BCUT2D eigenvalue weighted by Gasteiger charge is 2.47. The molecule has 30 heavy (non-hydrogen) atoms. The lowest BCUT2D eigenvalue weighted by Gasteiger charge is -2.43. The number of piperidine rings is 1. The highest BCUT2D eigenvalue weighted by atomic mass is 32.2. The average Bonchev–Trinajstić information content (AvgIpc) is 3.43. The van der Waals surface area contributed by atoms with Crippen LogP contribution in [0.25, 0.3) is 6.08 Å². The van der Waals surface area contributed by atoms with Gasteiger partial charge in [0.2, 0.25) is 5.91 Å². The molecule has 4 rings (SSSR count). The van der Waals surface area contributed by atoms with E-state index in [1.54, 1.807) is 23.1 Å². The van der Waals surface area contributed by atoms with Crippen LogP contribution in [0.1, 0.15) is 28.1 Å². The van der Waals surface area contributed by atoms with Crippen molar-refractivity contribution in [1.82, 2.24) is 9.80 Å². The molecule has 0 aliphatic carbocycles. The van der Waals surface area contributed by atoms with Gasteiger partial charge in [0.05, 0.1) is 14.7 Å². The van der Waals surface area contributed by atoms with Gasteiger partial charge in [0.25, 0.3) is 11.6 Å². The molecule has 2 saturated heterocycles. The van der Waals surface area contributed by atoms with Gasteiger partial charge in [0.1, 0.15) is 0 Å². The summed E-state index contributed by atoms with van der Waals surface area (Å²) in [5, 5.41) is 12.6. The number of amides is 2. The van der Waals surface area contributed by atoms with Crippen molar-refractivity contribution in [1.29, 1.82) is 0 Å². The van der Waals surface area contributed by atoms with Crippen LogP contribution < -0.4 is 0 Å². The van der Waals surface area contributed by atoms with E-state index in [9.17, 15) is 19.7 Å². The van der Waals surface area contributed by atoms with E-state index in [0.717, 1.165) is 35.6 Å². The third-order valence-electron chi connectivity index (χ3n) is 5.53. The molecule has 2 aliphatic heterocycles. The predicted octanol–water partition coefficient (Wildman–Crippen LogP) is 3.88. The molecule has 0 saturated carbocycles. The first-order valence-corrected chi connectivity index (χ1v) is 11.6. The van der Waals surface area contributed by atoms with Crippen LogP contribution in [0.5, 0.6) is 0 Å². The minimum atomic E-state index is -0.449. The molecule has 0 unspecified atom stereocenters. The summed E-state index contributed by atoms with van der Waals surface area (Å²) in [6, 6.07) is 9.85. The normalized spacial score (nSPS) is 18.3. The van der Waals surface area contributed by atoms with Crippen molar-refractivity contribution in [2.75, 3.05) is 25.4 Å². The molecule has 0 N–H and O–H groups in total. The summed E-state index contributed by atoms with van der Waals surface area (Å²) < 4.78 is 0. The number of likely N-dealkylation sites (tertiary alicyclic amines) is 1. The van der Waals surface area contributed by atoms with Gasteiger partial charge in [-0.15, -0.1) is 23.1 Å². The quantitative estimate of drug-likeness (QED) is 0.407. The lowest BCUT2D eigenvalue weighted by atomic mass is 10.0. The summed E-state index contributed by atoms with van der Waals surface area (Å²) in [4.78, 5) is 40.1. The summed E-state index contributed by atoms with van der Waals surface area (Å²) in [6.45, 7) is 1.95. The molecular formula is C21H21N3O4S2. The summed E-state index contributed by atoms with van der Waals surface area (Å²) in [5.41, 5.74) is 0.761. The Morgan fingerprint density at radius 3 is 2.47 bits per heavy atom. The van der Waals surface area contributed by atoms with E-state index in [4.69, 9.17) is 0 Å². The van der Waals surface area contributed by atoms with Crippen LogP contribution in [0.15, 0.2) is 47.9 Å². The highest BCUT2D eigenvalue weighted by Crippen LogP contribution is 2.44. The maximum absolute atomic E-state index is 12.9. The van der Waals surface area contributed by atoms with Crippen molar-refractivity contribution >= 4 is 46.7 Å². The third-order valence-corrected chi connectivity index (χ3v) is 7.94. The van der Waals surface area contributed by atoms with Crippen LogP contribution in [0.3, 0.4) is 0 Å². The second kappa shape index (κ2) is 8.61. The predicted molar refractivity (Wildman–Crippen MR) is 118 cm³/mol. The summed E-state index contributed by atoms with van der Waals surface area (Å²) in [7, 11) is 0. The zero-order valence-electron chi connectivity index (χ0n) is 16.2. The molecule has 0 radical (unpaired) electrons. The number of thiophene rings is 1. The van der Waals surface area contributed by atoms with Crippen molar-refractivity contribution in [3.63, 3.8) is 0 Å². The molecule has 0 atom stereocenters. The Labute approximate surface area is 182 Å². The maximum Gasteiger partial charge on any atom is 0.269 e. The van der Waals surface area contributed by atoms with Crippen LogP contribution in [0.2, 0.25) is 0 Å². The number of nitro benzene ring substituents is 1. The maximum atomic E-state index is 12.9. The van der Waals surface area contributed by atoms with Gasteiger partial charge in [-0.25, -0.2) is 0 Å². The largest absolute Gasteiger partial charge is 0.339 e. The Bertz CT molecular complexity index is 965. The molecule has 1 aromatic heterocycles. The van der Waals surface area contributed by atoms with Crippen LogP contribution >= 0.6 is 23.1 Å². The molecule has 2 amide bonds. The number of non-ortho nitro benzene ring substituents is 1. The second-order valence-electron chi connectivity index (χ2n) is 7.24. The van der Waals surface area contributed by atoms with E-state index in [-0.39, 0.29) is 22.4 Å². The van der Waals surface area contributed by atoms with Gasteiger partial charge in [-0.05, 0) is 48.1 Å². The van der Waals surface area contributed by atoms with Gasteiger partial charge >= 0.3 is 0 Å². The molecule has 0 bridgehead atoms. The van der Waals surface area contributed by atoms with Gasteiger partial charge < -0.3 is 9.80 Å². The van der Waals surface area contributed by atoms with Crippen molar-refractivity contribution in [2.45, 2.75) is 17.7 Å². The Kier molecular flexibility index (Phi) is 5.92. The van der Waals surface area contributed by atoms with Gasteiger partial charge in [-0.3, -0.25) is 19.7 Å². The second-order valence-corrected chi connectivity index (χ2v) is 9.64. The fourth-order valence-corrected chi connectivity index (χ4v) is 6.03. The highest BCUT2D eigenvalue weighted by molar-refractivity contribution is 8.00. The molecule has 2 aliphatic rings. The lowest BCUT2D eigenvalue weighted by Crippen LogP contribution is -2.53. The molecular weight excluding hydrogens is 422 g/mol. The van der Waals surface area contributed by atoms with E-state index in [0.29, 0.717) is 13.1 Å². The van der Waals surface area contributed by atoms with E-state index in [1.807, 2.05) is 34.2 Å². The molecule has 7 nitrogen and oxygen atoms in total. The number of rotatable bonds is 4. The molecule has 3 heterocycles. The number of hydrogen-bond acceptors (Lipinski definition) is 6. The van der Waals surface area contributed by atoms with Crippen LogP contribution in [0, 0.1) is 10.1 Å². The molecule has 2 fully saturated rings. The first-order valence-electron chi connectivity index (χ1n) is 9.69. The zero-order valence-corrected chi connectivity index (χ0v) is 17.9. The number of nitrogens with zero attached hydrogens (tertiary/aromatic N) is 3. The number of benzene rings is 1. The Morgan fingerprint density at radius 2 is 1.83 bits per heavy atom. The monoisotopic (exact) mass is 443 g/mol. The van der Waals surface area contributed by atoms with Crippen LogP contribution in [0.4, 0.5) is 5.69 Å². The van der Waals surface area contributed by atoms with Crippen LogP contribution in [-0.2, 0) is 4.79 Å². The van der Waals surface area contributed by atoms with Crippen molar-refractivity contribution in [2.24, 2.45) is 0 Å². The molecule has 156 valence electrons. The number of thioether (sulfide) groups is 1. The summed E-state index contributed by atoms with van der Waals surface area (Å²) >= 11 is 3.29. The van der Waals surface area contributed by atoms with Gasteiger partial charge in [0.15, 0.2) is 0 Å². The number of hydrogen-bond donors (Lipinski definition) is 0. The lowest BCUT2D eigenvalue weighted by molar-refractivity contribution is -0.384. The standard InChI is InChI=1S/C21H21N3O4S2/c25-19(8-5-16-3-6-17(7-4-16)24(27)28)22-11-9-21(10-12-22)23(13-15-30-21)20(26)18-2-1-14-29-18/h1-8,14H,9-13,15H2/b8-5+. The third kappa shape index (κ3) is 4.13. The Balaban J connectivity index is 1.37.